The van der Waals surface area contributed by atoms with Crippen molar-refractivity contribution in [2.24, 2.45) is 0 Å². The van der Waals surface area contributed by atoms with Gasteiger partial charge in [0.15, 0.2) is 5.82 Å². The van der Waals surface area contributed by atoms with Crippen LogP contribution in [0.5, 0.6) is 0 Å². The fourth-order valence-electron chi connectivity index (χ4n) is 1.89. The minimum absolute atomic E-state index is 0.0427. The number of nitrogens with one attached hydrogen (secondary N) is 1. The molecule has 3 aromatic rings. The SMILES string of the molecule is CC(C)(C)n1cc(Nc2ncnn3c(Br)ccc23)cn1. The van der Waals surface area contributed by atoms with Gasteiger partial charge >= 0.3 is 0 Å². The van der Waals surface area contributed by atoms with Crippen LogP contribution in [0.1, 0.15) is 20.8 Å². The van der Waals surface area contributed by atoms with E-state index in [0.29, 0.717) is 0 Å². The highest BCUT2D eigenvalue weighted by atomic mass is 79.9. The maximum absolute atomic E-state index is 4.36. The fraction of sp³-hybridized carbons (Fsp3) is 0.308. The van der Waals surface area contributed by atoms with Gasteiger partial charge in [0.25, 0.3) is 0 Å². The van der Waals surface area contributed by atoms with Crippen LogP contribution in [0.15, 0.2) is 35.5 Å². The molecule has 6 nitrogen and oxygen atoms in total. The summed E-state index contributed by atoms with van der Waals surface area (Å²) in [5, 5.41) is 11.8. The Morgan fingerprint density at radius 1 is 1.20 bits per heavy atom. The van der Waals surface area contributed by atoms with E-state index in [2.05, 4.69) is 57.2 Å². The lowest BCUT2D eigenvalue weighted by Crippen LogP contribution is -2.21. The van der Waals surface area contributed by atoms with Gasteiger partial charge in [-0.25, -0.2) is 9.50 Å². The second-order valence-corrected chi connectivity index (χ2v) is 6.34. The van der Waals surface area contributed by atoms with E-state index < -0.39 is 0 Å². The van der Waals surface area contributed by atoms with E-state index in [1.54, 1.807) is 10.7 Å². The van der Waals surface area contributed by atoms with Crippen molar-refractivity contribution in [2.75, 3.05) is 5.32 Å². The number of nitrogens with zero attached hydrogens (tertiary/aromatic N) is 5. The van der Waals surface area contributed by atoms with Crippen molar-refractivity contribution in [3.05, 3.63) is 35.5 Å². The van der Waals surface area contributed by atoms with Gasteiger partial charge in [0.05, 0.1) is 17.4 Å². The second-order valence-electron chi connectivity index (χ2n) is 5.53. The van der Waals surface area contributed by atoms with Crippen LogP contribution in [-0.4, -0.2) is 24.4 Å². The first-order chi connectivity index (χ1) is 9.45. The van der Waals surface area contributed by atoms with Crippen molar-refractivity contribution >= 4 is 33.0 Å². The number of fused-ring (bicyclic) bond motifs is 1. The summed E-state index contributed by atoms with van der Waals surface area (Å²) in [7, 11) is 0. The molecule has 0 aliphatic heterocycles. The van der Waals surface area contributed by atoms with Crippen molar-refractivity contribution in [1.82, 2.24) is 24.4 Å². The Bertz CT molecular complexity index is 752. The zero-order valence-corrected chi connectivity index (χ0v) is 13.1. The quantitative estimate of drug-likeness (QED) is 0.781. The van der Waals surface area contributed by atoms with Gasteiger partial charge in [0, 0.05) is 6.20 Å². The summed E-state index contributed by atoms with van der Waals surface area (Å²) in [5.74, 6) is 0.749. The molecule has 3 aromatic heterocycles. The summed E-state index contributed by atoms with van der Waals surface area (Å²) < 4.78 is 4.59. The van der Waals surface area contributed by atoms with Gasteiger partial charge < -0.3 is 5.32 Å². The Morgan fingerprint density at radius 3 is 2.70 bits per heavy atom. The van der Waals surface area contributed by atoms with Crippen LogP contribution in [0.25, 0.3) is 5.52 Å². The number of aromatic nitrogens is 5. The summed E-state index contributed by atoms with van der Waals surface area (Å²) >= 11 is 3.45. The molecule has 0 unspecified atom stereocenters. The van der Waals surface area contributed by atoms with Crippen molar-refractivity contribution in [2.45, 2.75) is 26.3 Å². The van der Waals surface area contributed by atoms with E-state index in [1.807, 2.05) is 23.0 Å². The number of hydrogen-bond donors (Lipinski definition) is 1. The number of halogens is 1. The molecule has 3 rings (SSSR count). The molecule has 0 aliphatic carbocycles. The first kappa shape index (κ1) is 13.1. The normalized spacial score (nSPS) is 12.0. The molecule has 0 radical (unpaired) electrons. The lowest BCUT2D eigenvalue weighted by molar-refractivity contribution is 0.355. The summed E-state index contributed by atoms with van der Waals surface area (Å²) in [6, 6.07) is 3.90. The average Bonchev–Trinajstić information content (AvgIpc) is 2.98. The highest BCUT2D eigenvalue weighted by Crippen LogP contribution is 2.23. The third-order valence-corrected chi connectivity index (χ3v) is 3.54. The molecule has 0 aliphatic rings. The van der Waals surface area contributed by atoms with E-state index in [0.717, 1.165) is 21.6 Å². The Balaban J connectivity index is 1.95. The molecule has 0 bridgehead atoms. The minimum atomic E-state index is -0.0427. The fourth-order valence-corrected chi connectivity index (χ4v) is 2.30. The van der Waals surface area contributed by atoms with E-state index in [9.17, 15) is 0 Å². The molecule has 0 saturated heterocycles. The maximum Gasteiger partial charge on any atom is 0.158 e. The topological polar surface area (TPSA) is 60.0 Å². The number of hydrogen-bond acceptors (Lipinski definition) is 4. The van der Waals surface area contributed by atoms with Gasteiger partial charge in [-0.15, -0.1) is 0 Å². The van der Waals surface area contributed by atoms with Crippen molar-refractivity contribution < 1.29 is 0 Å². The Hall–Kier alpha value is -1.89. The average molecular weight is 335 g/mol. The van der Waals surface area contributed by atoms with Crippen LogP contribution in [0.4, 0.5) is 11.5 Å². The van der Waals surface area contributed by atoms with Gasteiger partial charge in [-0.2, -0.15) is 10.2 Å². The second kappa shape index (κ2) is 4.59. The number of rotatable bonds is 2. The molecule has 0 aromatic carbocycles. The Morgan fingerprint density at radius 2 is 2.00 bits per heavy atom. The number of anilines is 2. The summed E-state index contributed by atoms with van der Waals surface area (Å²) in [4.78, 5) is 4.29. The zero-order valence-electron chi connectivity index (χ0n) is 11.5. The van der Waals surface area contributed by atoms with Crippen LogP contribution >= 0.6 is 15.9 Å². The van der Waals surface area contributed by atoms with Crippen LogP contribution in [0.3, 0.4) is 0 Å². The standard InChI is InChI=1S/C13H15BrN6/c1-13(2,3)19-7-9(6-16-19)18-12-10-4-5-11(14)20(10)17-8-15-12/h4-8H,1-3H3,(H,15,17,18). The maximum atomic E-state index is 4.36. The van der Waals surface area contributed by atoms with Gasteiger partial charge in [0.2, 0.25) is 0 Å². The van der Waals surface area contributed by atoms with Crippen molar-refractivity contribution in [3.63, 3.8) is 0 Å². The molecular weight excluding hydrogens is 320 g/mol. The lowest BCUT2D eigenvalue weighted by Gasteiger charge is -2.18. The molecule has 3 heterocycles. The summed E-state index contributed by atoms with van der Waals surface area (Å²) in [6.07, 6.45) is 5.28. The van der Waals surface area contributed by atoms with Gasteiger partial charge in [-0.05, 0) is 48.8 Å². The molecule has 0 atom stereocenters. The monoisotopic (exact) mass is 334 g/mol. The molecule has 0 saturated carbocycles. The summed E-state index contributed by atoms with van der Waals surface area (Å²) in [6.45, 7) is 6.32. The van der Waals surface area contributed by atoms with Crippen LogP contribution in [0.2, 0.25) is 0 Å². The molecular formula is C13H15BrN6. The first-order valence-corrected chi connectivity index (χ1v) is 7.05. The highest BCUT2D eigenvalue weighted by molar-refractivity contribution is 9.10. The van der Waals surface area contributed by atoms with E-state index in [1.165, 1.54) is 6.33 Å². The smallest absolute Gasteiger partial charge is 0.158 e. The third kappa shape index (κ3) is 2.29. The molecule has 0 fully saturated rings. The molecule has 0 amide bonds. The lowest BCUT2D eigenvalue weighted by atomic mass is 10.1. The van der Waals surface area contributed by atoms with Crippen molar-refractivity contribution in [1.29, 1.82) is 0 Å². The summed E-state index contributed by atoms with van der Waals surface area (Å²) in [5.41, 5.74) is 1.76. The molecule has 1 N–H and O–H groups in total. The molecule has 0 spiro atoms. The van der Waals surface area contributed by atoms with Gasteiger partial charge in [-0.3, -0.25) is 4.68 Å². The van der Waals surface area contributed by atoms with Crippen LogP contribution in [0, 0.1) is 0 Å². The largest absolute Gasteiger partial charge is 0.336 e. The molecule has 7 heteroatoms. The van der Waals surface area contributed by atoms with E-state index in [-0.39, 0.29) is 5.54 Å². The Labute approximate surface area is 124 Å². The minimum Gasteiger partial charge on any atom is -0.336 e. The van der Waals surface area contributed by atoms with Crippen molar-refractivity contribution in [3.8, 4) is 0 Å². The van der Waals surface area contributed by atoms with Crippen LogP contribution in [-0.2, 0) is 5.54 Å². The highest BCUT2D eigenvalue weighted by Gasteiger charge is 2.14. The van der Waals surface area contributed by atoms with Gasteiger partial charge in [-0.1, -0.05) is 0 Å². The Kier molecular flexibility index (Phi) is 3.01. The van der Waals surface area contributed by atoms with E-state index in [4.69, 9.17) is 0 Å². The van der Waals surface area contributed by atoms with Gasteiger partial charge in [0.1, 0.15) is 16.4 Å². The zero-order chi connectivity index (χ0) is 14.3. The predicted octanol–water partition coefficient (Wildman–Crippen LogP) is 3.19. The third-order valence-electron chi connectivity index (χ3n) is 2.94. The molecule has 104 valence electrons. The first-order valence-electron chi connectivity index (χ1n) is 6.25. The van der Waals surface area contributed by atoms with Crippen LogP contribution < -0.4 is 5.32 Å². The predicted molar refractivity (Wildman–Crippen MR) is 81.2 cm³/mol. The molecule has 20 heavy (non-hydrogen) atoms. The van der Waals surface area contributed by atoms with E-state index >= 15 is 0 Å².